The first-order chi connectivity index (χ1) is 9.96. The monoisotopic (exact) mass is 284 g/mol. The number of carbonyl (C=O) groups excluding carboxylic acids is 2. The predicted octanol–water partition coefficient (Wildman–Crippen LogP) is 2.24. The van der Waals surface area contributed by atoms with Crippen LogP contribution in [-0.2, 0) is 19.1 Å². The molecule has 0 N–H and O–H groups in total. The van der Waals surface area contributed by atoms with Crippen LogP contribution in [0.5, 0.6) is 0 Å². The molecule has 6 nitrogen and oxygen atoms in total. The van der Waals surface area contributed by atoms with Crippen molar-refractivity contribution in [2.24, 2.45) is 0 Å². The number of hydrogen-bond acceptors (Lipinski definition) is 6. The largest absolute Gasteiger partial charge is 0.421 e. The first-order valence-corrected chi connectivity index (χ1v) is 5.92. The second kappa shape index (κ2) is 7.46. The normalized spacial score (nSPS) is 9.19. The van der Waals surface area contributed by atoms with Crippen LogP contribution in [0.15, 0.2) is 29.8 Å². The summed E-state index contributed by atoms with van der Waals surface area (Å²) in [6.07, 6.45) is 0.292. The molecule has 1 aromatic rings. The Morgan fingerprint density at radius 3 is 1.90 bits per heavy atom. The van der Waals surface area contributed by atoms with Gasteiger partial charge in [-0.25, -0.2) is 0 Å². The molecular weight excluding hydrogens is 272 g/mol. The van der Waals surface area contributed by atoms with Crippen molar-refractivity contribution in [3.63, 3.8) is 0 Å². The van der Waals surface area contributed by atoms with Crippen LogP contribution in [0.25, 0.3) is 6.08 Å². The van der Waals surface area contributed by atoms with Gasteiger partial charge in [-0.3, -0.25) is 9.59 Å². The van der Waals surface area contributed by atoms with Gasteiger partial charge in [-0.05, 0) is 11.6 Å². The quantitative estimate of drug-likeness (QED) is 0.477. The van der Waals surface area contributed by atoms with Gasteiger partial charge in [0.25, 0.3) is 6.29 Å². The Hall–Kier alpha value is -3.12. The van der Waals surface area contributed by atoms with Crippen LogP contribution in [0.3, 0.4) is 0 Å². The number of carbonyl (C=O) groups is 2. The van der Waals surface area contributed by atoms with Gasteiger partial charge in [0.05, 0.1) is 0 Å². The molecule has 0 aliphatic rings. The van der Waals surface area contributed by atoms with Crippen molar-refractivity contribution in [1.82, 2.24) is 0 Å². The number of hydrogen-bond donors (Lipinski definition) is 0. The summed E-state index contributed by atoms with van der Waals surface area (Å²) in [6, 6.07) is 9.89. The van der Waals surface area contributed by atoms with Crippen molar-refractivity contribution in [2.75, 3.05) is 0 Å². The number of ether oxygens (including phenoxy) is 2. The predicted molar refractivity (Wildman–Crippen MR) is 71.9 cm³/mol. The molecule has 0 fully saturated rings. The molecule has 106 valence electrons. The molecule has 1 rings (SSSR count). The second-order valence-electron chi connectivity index (χ2n) is 4.00. The third-order valence-electron chi connectivity index (χ3n) is 2.31. The highest BCUT2D eigenvalue weighted by Gasteiger charge is 2.17. The van der Waals surface area contributed by atoms with Crippen LogP contribution in [0, 0.1) is 22.7 Å². The molecule has 0 saturated carbocycles. The van der Waals surface area contributed by atoms with Crippen LogP contribution < -0.4 is 0 Å². The lowest BCUT2D eigenvalue weighted by molar-refractivity contribution is -0.186. The molecule has 0 heterocycles. The average molecular weight is 284 g/mol. The van der Waals surface area contributed by atoms with E-state index in [-0.39, 0.29) is 5.57 Å². The SMILES string of the molecule is CC(=O)OC(OC(C)=O)c1ccc(C=C(C#N)C#N)cc1. The molecule has 0 radical (unpaired) electrons. The van der Waals surface area contributed by atoms with Crippen molar-refractivity contribution in [2.45, 2.75) is 20.1 Å². The van der Waals surface area contributed by atoms with E-state index in [1.807, 2.05) is 0 Å². The molecule has 0 aliphatic heterocycles. The summed E-state index contributed by atoms with van der Waals surface area (Å²) in [5.74, 6) is -1.16. The van der Waals surface area contributed by atoms with E-state index in [0.717, 1.165) is 0 Å². The third-order valence-corrected chi connectivity index (χ3v) is 2.31. The third kappa shape index (κ3) is 5.17. The molecule has 0 aromatic heterocycles. The smallest absolute Gasteiger partial charge is 0.305 e. The van der Waals surface area contributed by atoms with Crippen molar-refractivity contribution < 1.29 is 19.1 Å². The van der Waals surface area contributed by atoms with Crippen LogP contribution in [0.4, 0.5) is 0 Å². The minimum atomic E-state index is -1.12. The summed E-state index contributed by atoms with van der Waals surface area (Å²) < 4.78 is 9.82. The van der Waals surface area contributed by atoms with E-state index in [4.69, 9.17) is 20.0 Å². The van der Waals surface area contributed by atoms with Crippen LogP contribution in [0.2, 0.25) is 0 Å². The van der Waals surface area contributed by atoms with Gasteiger partial charge in [-0.2, -0.15) is 10.5 Å². The van der Waals surface area contributed by atoms with Crippen molar-refractivity contribution in [1.29, 1.82) is 10.5 Å². The number of nitrogens with zero attached hydrogens (tertiary/aromatic N) is 2. The van der Waals surface area contributed by atoms with E-state index < -0.39 is 18.2 Å². The zero-order valence-electron chi connectivity index (χ0n) is 11.5. The number of allylic oxidation sites excluding steroid dienone is 1. The number of benzene rings is 1. The van der Waals surface area contributed by atoms with Gasteiger partial charge in [0.15, 0.2) is 0 Å². The van der Waals surface area contributed by atoms with E-state index in [0.29, 0.717) is 11.1 Å². The van der Waals surface area contributed by atoms with Gasteiger partial charge in [-0.1, -0.05) is 24.3 Å². The highest BCUT2D eigenvalue weighted by Crippen LogP contribution is 2.20. The lowest BCUT2D eigenvalue weighted by Gasteiger charge is -2.16. The molecule has 0 bridgehead atoms. The maximum absolute atomic E-state index is 11.0. The molecule has 0 amide bonds. The number of esters is 2. The number of rotatable bonds is 4. The summed E-state index contributed by atoms with van der Waals surface area (Å²) in [4.78, 5) is 22.0. The van der Waals surface area contributed by atoms with E-state index >= 15 is 0 Å². The zero-order valence-corrected chi connectivity index (χ0v) is 11.5. The summed E-state index contributed by atoms with van der Waals surface area (Å²) in [5.41, 5.74) is 1.06. The Kier molecular flexibility index (Phi) is 5.66. The molecule has 21 heavy (non-hydrogen) atoms. The van der Waals surface area contributed by atoms with Crippen LogP contribution in [0.1, 0.15) is 31.3 Å². The van der Waals surface area contributed by atoms with Gasteiger partial charge in [0.2, 0.25) is 0 Å². The Morgan fingerprint density at radius 1 is 1.05 bits per heavy atom. The van der Waals surface area contributed by atoms with E-state index in [1.54, 1.807) is 36.4 Å². The Balaban J connectivity index is 3.00. The maximum Gasteiger partial charge on any atom is 0.305 e. The van der Waals surface area contributed by atoms with E-state index in [2.05, 4.69) is 0 Å². The Bertz CT molecular complexity index is 616. The molecule has 6 heteroatoms. The molecule has 0 aliphatic carbocycles. The minimum Gasteiger partial charge on any atom is -0.421 e. The average Bonchev–Trinajstić information content (AvgIpc) is 2.43. The molecule has 0 unspecified atom stereocenters. The van der Waals surface area contributed by atoms with Gasteiger partial charge in [0, 0.05) is 19.4 Å². The lowest BCUT2D eigenvalue weighted by Crippen LogP contribution is -2.14. The van der Waals surface area contributed by atoms with Gasteiger partial charge in [-0.15, -0.1) is 0 Å². The molecule has 0 saturated heterocycles. The highest BCUT2D eigenvalue weighted by molar-refractivity contribution is 5.68. The first kappa shape index (κ1) is 15.9. The highest BCUT2D eigenvalue weighted by atomic mass is 16.7. The number of nitriles is 2. The summed E-state index contributed by atoms with van der Waals surface area (Å²) in [5, 5.41) is 17.3. The zero-order chi connectivity index (χ0) is 15.8. The van der Waals surface area contributed by atoms with Crippen LogP contribution >= 0.6 is 0 Å². The van der Waals surface area contributed by atoms with Crippen LogP contribution in [-0.4, -0.2) is 11.9 Å². The van der Waals surface area contributed by atoms with Gasteiger partial charge >= 0.3 is 11.9 Å². The molecule has 1 aromatic carbocycles. The topological polar surface area (TPSA) is 100 Å². The van der Waals surface area contributed by atoms with E-state index in [9.17, 15) is 9.59 Å². The first-order valence-electron chi connectivity index (χ1n) is 5.92. The Morgan fingerprint density at radius 2 is 1.52 bits per heavy atom. The summed E-state index contributed by atoms with van der Waals surface area (Å²) in [6.45, 7) is 2.42. The fraction of sp³-hybridized carbons (Fsp3) is 0.200. The lowest BCUT2D eigenvalue weighted by atomic mass is 10.1. The standard InChI is InChI=1S/C15H12N2O4/c1-10(18)20-15(21-11(2)19)14-5-3-12(4-6-14)7-13(8-16)9-17/h3-7,15H,1-2H3. The summed E-state index contributed by atoms with van der Waals surface area (Å²) in [7, 11) is 0. The Labute approximate surface area is 121 Å². The van der Waals surface area contributed by atoms with Crippen molar-refractivity contribution in [3.8, 4) is 12.1 Å². The second-order valence-corrected chi connectivity index (χ2v) is 4.00. The molecule has 0 atom stereocenters. The fourth-order valence-electron chi connectivity index (χ4n) is 1.47. The van der Waals surface area contributed by atoms with Crippen molar-refractivity contribution in [3.05, 3.63) is 41.0 Å². The minimum absolute atomic E-state index is 0.0285. The maximum atomic E-state index is 11.0. The molecular formula is C15H12N2O4. The molecule has 0 spiro atoms. The fourth-order valence-corrected chi connectivity index (χ4v) is 1.47. The van der Waals surface area contributed by atoms with Crippen molar-refractivity contribution >= 4 is 18.0 Å². The van der Waals surface area contributed by atoms with Gasteiger partial charge in [0.1, 0.15) is 17.7 Å². The summed E-state index contributed by atoms with van der Waals surface area (Å²) >= 11 is 0. The van der Waals surface area contributed by atoms with Gasteiger partial charge < -0.3 is 9.47 Å². The van der Waals surface area contributed by atoms with E-state index in [1.165, 1.54) is 19.9 Å².